The molecule has 38 heavy (non-hydrogen) atoms. The monoisotopic (exact) mass is 559 g/mol. The standard InChI is InChI=1S/C27H30NO8PS/c1-4-25(26(29)30)28(27(31)38(33,34)18-22-12-6-5-7-13-22)19-37(32,35-23-14-8-10-20(2)16-23)36-24-15-9-11-21(3)17-24/h5-17,25H,4,18-19H2,1-3H3,(H,29,30). The Balaban J connectivity index is 2.04. The molecule has 0 spiro atoms. The van der Waals surface area contributed by atoms with E-state index in [1.807, 2.05) is 0 Å². The van der Waals surface area contributed by atoms with Gasteiger partial charge in [0.25, 0.3) is 0 Å². The second kappa shape index (κ2) is 12.3. The number of aliphatic carboxylic acids is 1. The number of carbonyl (C=O) groups is 2. The van der Waals surface area contributed by atoms with Gasteiger partial charge in [0.2, 0.25) is 9.84 Å². The summed E-state index contributed by atoms with van der Waals surface area (Å²) in [7, 11) is -8.94. The zero-order valence-electron chi connectivity index (χ0n) is 21.3. The summed E-state index contributed by atoms with van der Waals surface area (Å²) >= 11 is 0. The molecule has 9 nitrogen and oxygen atoms in total. The molecule has 1 amide bonds. The molecule has 3 aromatic rings. The molecule has 0 heterocycles. The first-order chi connectivity index (χ1) is 17.9. The van der Waals surface area contributed by atoms with E-state index in [9.17, 15) is 27.7 Å². The third kappa shape index (κ3) is 7.69. The largest absolute Gasteiger partial charge is 0.480 e. The number of hydrogen-bond acceptors (Lipinski definition) is 7. The molecule has 0 saturated heterocycles. The summed E-state index contributed by atoms with van der Waals surface area (Å²) in [6.07, 6.45) is -1.05. The van der Waals surface area contributed by atoms with E-state index < -0.39 is 46.7 Å². The topological polar surface area (TPSA) is 127 Å². The van der Waals surface area contributed by atoms with E-state index in [0.717, 1.165) is 11.1 Å². The lowest BCUT2D eigenvalue weighted by molar-refractivity contribution is -0.141. The quantitative estimate of drug-likeness (QED) is 0.292. The Morgan fingerprint density at radius 1 is 0.895 bits per heavy atom. The van der Waals surface area contributed by atoms with Gasteiger partial charge in [0.15, 0.2) is 0 Å². The van der Waals surface area contributed by atoms with Gasteiger partial charge in [-0.2, -0.15) is 0 Å². The van der Waals surface area contributed by atoms with Crippen molar-refractivity contribution in [3.8, 4) is 11.5 Å². The number of amides is 1. The fraction of sp³-hybridized carbons (Fsp3) is 0.259. The van der Waals surface area contributed by atoms with Crippen LogP contribution in [-0.2, 0) is 24.9 Å². The molecular formula is C27H30NO8PS. The molecule has 0 radical (unpaired) electrons. The van der Waals surface area contributed by atoms with E-state index in [2.05, 4.69) is 0 Å². The van der Waals surface area contributed by atoms with Crippen LogP contribution in [0.3, 0.4) is 0 Å². The molecule has 202 valence electrons. The van der Waals surface area contributed by atoms with Crippen molar-refractivity contribution in [1.82, 2.24) is 4.90 Å². The first-order valence-electron chi connectivity index (χ1n) is 11.8. The molecule has 0 aliphatic carbocycles. The lowest BCUT2D eigenvalue weighted by Gasteiger charge is -2.31. The molecule has 11 heteroatoms. The van der Waals surface area contributed by atoms with Crippen molar-refractivity contribution in [3.05, 3.63) is 95.6 Å². The molecule has 1 atom stereocenters. The Hall–Kier alpha value is -3.62. The lowest BCUT2D eigenvalue weighted by Crippen LogP contribution is -2.48. The van der Waals surface area contributed by atoms with Crippen molar-refractivity contribution in [2.45, 2.75) is 39.0 Å². The number of benzene rings is 3. The summed E-state index contributed by atoms with van der Waals surface area (Å²) in [4.78, 5) is 26.1. The molecule has 1 N–H and O–H groups in total. The van der Waals surface area contributed by atoms with Crippen LogP contribution in [0.15, 0.2) is 78.9 Å². The molecule has 3 aromatic carbocycles. The van der Waals surface area contributed by atoms with Gasteiger partial charge in [0.05, 0.1) is 5.75 Å². The zero-order chi connectivity index (χ0) is 27.9. The summed E-state index contributed by atoms with van der Waals surface area (Å²) in [5.74, 6) is -1.79. The predicted molar refractivity (Wildman–Crippen MR) is 144 cm³/mol. The van der Waals surface area contributed by atoms with Crippen LogP contribution >= 0.6 is 7.60 Å². The number of sulfone groups is 1. The van der Waals surface area contributed by atoms with Gasteiger partial charge in [-0.3, -0.25) is 4.79 Å². The van der Waals surface area contributed by atoms with Crippen LogP contribution in [0.2, 0.25) is 0 Å². The number of carboxylic acids is 1. The number of nitrogens with zero attached hydrogens (tertiary/aromatic N) is 1. The number of carboxylic acid groups (broad SMARTS) is 1. The van der Waals surface area contributed by atoms with Crippen LogP contribution in [0, 0.1) is 13.8 Å². The molecule has 0 saturated carbocycles. The predicted octanol–water partition coefficient (Wildman–Crippen LogP) is 5.81. The van der Waals surface area contributed by atoms with Crippen molar-refractivity contribution in [3.63, 3.8) is 0 Å². The van der Waals surface area contributed by atoms with Crippen molar-refractivity contribution in [2.75, 3.05) is 6.29 Å². The second-order valence-electron chi connectivity index (χ2n) is 8.81. The van der Waals surface area contributed by atoms with Crippen LogP contribution in [0.5, 0.6) is 11.5 Å². The third-order valence-corrected chi connectivity index (χ3v) is 8.65. The molecular weight excluding hydrogens is 529 g/mol. The number of hydrogen-bond donors (Lipinski definition) is 1. The second-order valence-corrected chi connectivity index (χ2v) is 12.5. The average Bonchev–Trinajstić information content (AvgIpc) is 2.83. The highest BCUT2D eigenvalue weighted by Gasteiger charge is 2.43. The van der Waals surface area contributed by atoms with Crippen LogP contribution in [0.25, 0.3) is 0 Å². The molecule has 0 aliphatic rings. The highest BCUT2D eigenvalue weighted by atomic mass is 32.2. The molecule has 3 rings (SSSR count). The zero-order valence-corrected chi connectivity index (χ0v) is 23.0. The summed E-state index contributed by atoms with van der Waals surface area (Å²) in [5, 5.41) is 8.36. The first-order valence-corrected chi connectivity index (χ1v) is 15.2. The Labute approximate surface area is 222 Å². The highest BCUT2D eigenvalue weighted by molar-refractivity contribution is 8.05. The summed E-state index contributed by atoms with van der Waals surface area (Å²) in [6.45, 7) is 5.07. The Morgan fingerprint density at radius 2 is 1.42 bits per heavy atom. The number of carbonyl (C=O) groups excluding carboxylic acids is 1. The van der Waals surface area contributed by atoms with Gasteiger partial charge in [-0.05, 0) is 61.2 Å². The van der Waals surface area contributed by atoms with Crippen molar-refractivity contribution in [2.24, 2.45) is 0 Å². The highest BCUT2D eigenvalue weighted by Crippen LogP contribution is 2.50. The smallest absolute Gasteiger partial charge is 0.450 e. The summed E-state index contributed by atoms with van der Waals surface area (Å²) in [6, 6.07) is 19.6. The minimum atomic E-state index is -4.54. The Bertz CT molecular complexity index is 1390. The van der Waals surface area contributed by atoms with E-state index in [4.69, 9.17) is 9.05 Å². The van der Waals surface area contributed by atoms with Gasteiger partial charge < -0.3 is 19.1 Å². The van der Waals surface area contributed by atoms with Gasteiger partial charge >= 0.3 is 18.8 Å². The van der Waals surface area contributed by atoms with Gasteiger partial charge in [0, 0.05) is 0 Å². The van der Waals surface area contributed by atoms with Crippen LogP contribution in [0.1, 0.15) is 30.0 Å². The van der Waals surface area contributed by atoms with E-state index >= 15 is 0 Å². The summed E-state index contributed by atoms with van der Waals surface area (Å²) in [5.41, 5.74) is 1.93. The van der Waals surface area contributed by atoms with Gasteiger partial charge in [-0.1, -0.05) is 61.5 Å². The SMILES string of the molecule is CCC(C(=O)O)N(CP(=O)(Oc1cccc(C)c1)Oc1cccc(C)c1)C(=O)S(=O)(=O)Cc1ccccc1. The average molecular weight is 560 g/mol. The van der Waals surface area contributed by atoms with Gasteiger partial charge in [-0.15, -0.1) is 0 Å². The van der Waals surface area contributed by atoms with E-state index in [0.29, 0.717) is 10.5 Å². The first kappa shape index (κ1) is 28.9. The molecule has 0 aromatic heterocycles. The fourth-order valence-electron chi connectivity index (χ4n) is 3.77. The Kier molecular flexibility index (Phi) is 9.36. The van der Waals surface area contributed by atoms with E-state index in [1.54, 1.807) is 68.4 Å². The summed E-state index contributed by atoms with van der Waals surface area (Å²) < 4.78 is 52.0. The van der Waals surface area contributed by atoms with Crippen molar-refractivity contribution in [1.29, 1.82) is 0 Å². The normalized spacial score (nSPS) is 12.4. The lowest BCUT2D eigenvalue weighted by atomic mass is 10.2. The molecule has 0 fully saturated rings. The van der Waals surface area contributed by atoms with Gasteiger partial charge in [-0.25, -0.2) is 17.8 Å². The molecule has 0 aliphatic heterocycles. The van der Waals surface area contributed by atoms with Crippen LogP contribution in [-0.4, -0.2) is 42.0 Å². The number of aryl methyl sites for hydroxylation is 2. The van der Waals surface area contributed by atoms with Crippen LogP contribution in [0.4, 0.5) is 4.79 Å². The maximum absolute atomic E-state index is 14.2. The molecule has 0 bridgehead atoms. The third-order valence-electron chi connectivity index (χ3n) is 5.54. The maximum atomic E-state index is 14.2. The van der Waals surface area contributed by atoms with Crippen molar-refractivity contribution < 1.29 is 36.7 Å². The molecule has 1 unspecified atom stereocenters. The van der Waals surface area contributed by atoms with Gasteiger partial charge in [0.1, 0.15) is 23.8 Å². The minimum Gasteiger partial charge on any atom is -0.480 e. The van der Waals surface area contributed by atoms with Crippen LogP contribution < -0.4 is 9.05 Å². The van der Waals surface area contributed by atoms with Crippen molar-refractivity contribution >= 4 is 28.6 Å². The number of rotatable bonds is 11. The fourth-order valence-corrected chi connectivity index (χ4v) is 6.89. The maximum Gasteiger partial charge on any atom is 0.450 e. The Morgan fingerprint density at radius 3 is 1.87 bits per heavy atom. The minimum absolute atomic E-state index is 0.142. The van der Waals surface area contributed by atoms with E-state index in [-0.39, 0.29) is 17.9 Å². The van der Waals surface area contributed by atoms with E-state index in [1.165, 1.54) is 31.2 Å².